The maximum atomic E-state index is 9.33. The van der Waals surface area contributed by atoms with Gasteiger partial charge in [0.1, 0.15) is 5.82 Å². The van der Waals surface area contributed by atoms with Gasteiger partial charge in [0, 0.05) is 38.2 Å². The van der Waals surface area contributed by atoms with E-state index in [0.29, 0.717) is 5.92 Å². The van der Waals surface area contributed by atoms with Gasteiger partial charge in [-0.25, -0.2) is 4.68 Å². The van der Waals surface area contributed by atoms with Crippen molar-refractivity contribution in [3.05, 3.63) is 47.2 Å². The summed E-state index contributed by atoms with van der Waals surface area (Å²) in [6.07, 6.45) is 0. The highest BCUT2D eigenvalue weighted by atomic mass is 16.3. The molecule has 0 amide bonds. The minimum atomic E-state index is 0.0960. The van der Waals surface area contributed by atoms with Crippen LogP contribution in [0.3, 0.4) is 0 Å². The van der Waals surface area contributed by atoms with Gasteiger partial charge < -0.3 is 15.7 Å². The van der Waals surface area contributed by atoms with Crippen LogP contribution < -0.4 is 10.6 Å². The SMILES string of the molecule is Cc1cc2n(n1)CC(CNCc1ccccc1CO)CN2. The fourth-order valence-corrected chi connectivity index (χ4v) is 2.82. The summed E-state index contributed by atoms with van der Waals surface area (Å²) in [6.45, 7) is 5.76. The van der Waals surface area contributed by atoms with Crippen LogP contribution in [-0.2, 0) is 19.7 Å². The maximum absolute atomic E-state index is 9.33. The Balaban J connectivity index is 1.52. The molecule has 21 heavy (non-hydrogen) atoms. The number of benzene rings is 1. The zero-order valence-electron chi connectivity index (χ0n) is 12.3. The number of fused-ring (bicyclic) bond motifs is 1. The van der Waals surface area contributed by atoms with E-state index in [1.54, 1.807) is 0 Å². The van der Waals surface area contributed by atoms with Crippen molar-refractivity contribution in [2.75, 3.05) is 18.4 Å². The number of nitrogens with zero attached hydrogens (tertiary/aromatic N) is 2. The van der Waals surface area contributed by atoms with Gasteiger partial charge in [-0.3, -0.25) is 0 Å². The Morgan fingerprint density at radius 1 is 1.38 bits per heavy atom. The van der Waals surface area contributed by atoms with Gasteiger partial charge in [0.15, 0.2) is 0 Å². The molecular formula is C16H22N4O. The number of rotatable bonds is 5. The molecule has 3 N–H and O–H groups in total. The van der Waals surface area contributed by atoms with Crippen molar-refractivity contribution in [1.82, 2.24) is 15.1 Å². The van der Waals surface area contributed by atoms with Gasteiger partial charge in [0.25, 0.3) is 0 Å². The molecule has 0 fully saturated rings. The van der Waals surface area contributed by atoms with Gasteiger partial charge in [0.05, 0.1) is 12.3 Å². The highest BCUT2D eigenvalue weighted by Gasteiger charge is 2.18. The van der Waals surface area contributed by atoms with E-state index >= 15 is 0 Å². The normalized spacial score (nSPS) is 17.3. The van der Waals surface area contributed by atoms with Crippen molar-refractivity contribution in [2.45, 2.75) is 26.6 Å². The number of aliphatic hydroxyl groups excluding tert-OH is 1. The van der Waals surface area contributed by atoms with Crippen LogP contribution in [0, 0.1) is 12.8 Å². The summed E-state index contributed by atoms with van der Waals surface area (Å²) in [5.41, 5.74) is 3.22. The third-order valence-corrected chi connectivity index (χ3v) is 3.94. The number of aromatic nitrogens is 2. The minimum Gasteiger partial charge on any atom is -0.392 e. The number of aliphatic hydroxyl groups is 1. The first-order valence-electron chi connectivity index (χ1n) is 7.43. The molecule has 0 aliphatic carbocycles. The monoisotopic (exact) mass is 286 g/mol. The molecule has 0 saturated heterocycles. The van der Waals surface area contributed by atoms with Crippen LogP contribution in [0.2, 0.25) is 0 Å². The van der Waals surface area contributed by atoms with E-state index in [2.05, 4.69) is 27.9 Å². The van der Waals surface area contributed by atoms with E-state index in [-0.39, 0.29) is 6.61 Å². The predicted octanol–water partition coefficient (Wildman–Crippen LogP) is 1.52. The van der Waals surface area contributed by atoms with E-state index in [1.165, 1.54) is 5.56 Å². The summed E-state index contributed by atoms with van der Waals surface area (Å²) < 4.78 is 2.05. The second-order valence-corrected chi connectivity index (χ2v) is 5.66. The molecule has 1 aromatic carbocycles. The Bertz CT molecular complexity index is 608. The van der Waals surface area contributed by atoms with Crippen LogP contribution in [0.4, 0.5) is 5.82 Å². The molecule has 0 saturated carbocycles. The van der Waals surface area contributed by atoms with Gasteiger partial charge >= 0.3 is 0 Å². The second-order valence-electron chi connectivity index (χ2n) is 5.66. The molecule has 3 rings (SSSR count). The first-order valence-corrected chi connectivity index (χ1v) is 7.43. The van der Waals surface area contributed by atoms with E-state index in [4.69, 9.17) is 0 Å². The summed E-state index contributed by atoms with van der Waals surface area (Å²) in [5.74, 6) is 1.65. The summed E-state index contributed by atoms with van der Waals surface area (Å²) in [4.78, 5) is 0. The molecule has 112 valence electrons. The summed E-state index contributed by atoms with van der Waals surface area (Å²) in [5, 5.41) is 20.7. The van der Waals surface area contributed by atoms with E-state index in [0.717, 1.165) is 43.3 Å². The van der Waals surface area contributed by atoms with Crippen LogP contribution >= 0.6 is 0 Å². The molecule has 0 spiro atoms. The average Bonchev–Trinajstić information content (AvgIpc) is 2.87. The molecule has 1 aliphatic rings. The molecule has 2 heterocycles. The van der Waals surface area contributed by atoms with Crippen molar-refractivity contribution in [1.29, 1.82) is 0 Å². The quantitative estimate of drug-likeness (QED) is 0.780. The van der Waals surface area contributed by atoms with Crippen LogP contribution in [0.15, 0.2) is 30.3 Å². The maximum Gasteiger partial charge on any atom is 0.124 e. The third-order valence-electron chi connectivity index (χ3n) is 3.94. The topological polar surface area (TPSA) is 62.1 Å². The van der Waals surface area contributed by atoms with Crippen LogP contribution in [0.5, 0.6) is 0 Å². The Morgan fingerprint density at radius 2 is 2.19 bits per heavy atom. The van der Waals surface area contributed by atoms with Crippen molar-refractivity contribution in [3.8, 4) is 0 Å². The molecule has 5 nitrogen and oxygen atoms in total. The third kappa shape index (κ3) is 3.25. The van der Waals surface area contributed by atoms with Crippen LogP contribution in [0.1, 0.15) is 16.8 Å². The van der Waals surface area contributed by atoms with Crippen molar-refractivity contribution >= 4 is 5.82 Å². The second kappa shape index (κ2) is 6.28. The molecule has 1 atom stereocenters. The fourth-order valence-electron chi connectivity index (χ4n) is 2.82. The highest BCUT2D eigenvalue weighted by molar-refractivity contribution is 5.38. The van der Waals surface area contributed by atoms with E-state index in [1.807, 2.05) is 29.8 Å². The van der Waals surface area contributed by atoms with E-state index in [9.17, 15) is 5.11 Å². The van der Waals surface area contributed by atoms with Crippen molar-refractivity contribution < 1.29 is 5.11 Å². The summed E-state index contributed by atoms with van der Waals surface area (Å²) in [7, 11) is 0. The van der Waals surface area contributed by atoms with Crippen molar-refractivity contribution in [2.24, 2.45) is 5.92 Å². The Labute approximate surface area is 125 Å². The van der Waals surface area contributed by atoms with Crippen LogP contribution in [-0.4, -0.2) is 28.0 Å². The van der Waals surface area contributed by atoms with Gasteiger partial charge in [-0.1, -0.05) is 24.3 Å². The first kappa shape index (κ1) is 14.1. The molecular weight excluding hydrogens is 264 g/mol. The minimum absolute atomic E-state index is 0.0960. The Kier molecular flexibility index (Phi) is 4.22. The largest absolute Gasteiger partial charge is 0.392 e. The number of aryl methyl sites for hydroxylation is 1. The van der Waals surface area contributed by atoms with Crippen LogP contribution in [0.25, 0.3) is 0 Å². The lowest BCUT2D eigenvalue weighted by molar-refractivity contribution is 0.280. The fraction of sp³-hybridized carbons (Fsp3) is 0.438. The lowest BCUT2D eigenvalue weighted by atomic mass is 10.1. The summed E-state index contributed by atoms with van der Waals surface area (Å²) in [6, 6.07) is 10.1. The van der Waals surface area contributed by atoms with Gasteiger partial charge in [-0.15, -0.1) is 0 Å². The zero-order valence-corrected chi connectivity index (χ0v) is 12.3. The lowest BCUT2D eigenvalue weighted by Crippen LogP contribution is -2.35. The summed E-state index contributed by atoms with van der Waals surface area (Å²) >= 11 is 0. The van der Waals surface area contributed by atoms with Gasteiger partial charge in [-0.05, 0) is 18.1 Å². The smallest absolute Gasteiger partial charge is 0.124 e. The molecule has 0 bridgehead atoms. The van der Waals surface area contributed by atoms with Gasteiger partial charge in [0.2, 0.25) is 0 Å². The number of hydrogen-bond donors (Lipinski definition) is 3. The molecule has 1 aromatic heterocycles. The number of anilines is 1. The van der Waals surface area contributed by atoms with Crippen molar-refractivity contribution in [3.63, 3.8) is 0 Å². The first-order chi connectivity index (χ1) is 10.3. The van der Waals surface area contributed by atoms with E-state index < -0.39 is 0 Å². The molecule has 1 aliphatic heterocycles. The predicted molar refractivity (Wildman–Crippen MR) is 83.0 cm³/mol. The molecule has 1 unspecified atom stereocenters. The highest BCUT2D eigenvalue weighted by Crippen LogP contribution is 2.18. The zero-order chi connectivity index (χ0) is 14.7. The number of nitrogens with one attached hydrogen (secondary N) is 2. The Hall–Kier alpha value is -1.85. The van der Waals surface area contributed by atoms with Gasteiger partial charge in [-0.2, -0.15) is 5.10 Å². The lowest BCUT2D eigenvalue weighted by Gasteiger charge is -2.25. The number of hydrogen-bond acceptors (Lipinski definition) is 4. The Morgan fingerprint density at radius 3 is 3.00 bits per heavy atom. The standard InChI is InChI=1S/C16H22N4O/c1-12-6-16-18-8-13(10-20(16)19-12)7-17-9-14-4-2-3-5-15(14)11-21/h2-6,13,17-18,21H,7-11H2,1H3. The molecule has 0 radical (unpaired) electrons. The average molecular weight is 286 g/mol. The molecule has 2 aromatic rings. The molecule has 5 heteroatoms.